The highest BCUT2D eigenvalue weighted by Gasteiger charge is 2.46. The Kier molecular flexibility index (Phi) is 2.80. The van der Waals surface area contributed by atoms with Crippen LogP contribution in [-0.2, 0) is 9.53 Å². The average molecular weight is 276 g/mol. The molecule has 2 nitrogen and oxygen atoms in total. The molecule has 19 heavy (non-hydrogen) atoms. The number of thioether (sulfide) groups is 1. The molecule has 1 heterocycles. The van der Waals surface area contributed by atoms with Crippen LogP contribution >= 0.6 is 11.8 Å². The number of ether oxygens (including phenoxy) is 1. The monoisotopic (exact) mass is 276 g/mol. The maximum absolute atomic E-state index is 11.6. The van der Waals surface area contributed by atoms with Crippen LogP contribution < -0.4 is 0 Å². The first kappa shape index (κ1) is 12.1. The molecule has 0 saturated heterocycles. The third-order valence-corrected chi connectivity index (χ3v) is 6.56. The summed E-state index contributed by atoms with van der Waals surface area (Å²) < 4.78 is 4.84. The zero-order valence-electron chi connectivity index (χ0n) is 11.4. The topological polar surface area (TPSA) is 26.3 Å². The van der Waals surface area contributed by atoms with Gasteiger partial charge in [-0.15, -0.1) is 11.8 Å². The van der Waals surface area contributed by atoms with Crippen LogP contribution in [0.2, 0.25) is 0 Å². The van der Waals surface area contributed by atoms with Gasteiger partial charge in [0.25, 0.3) is 0 Å². The summed E-state index contributed by atoms with van der Waals surface area (Å²) in [6, 6.07) is 0. The van der Waals surface area contributed by atoms with Crippen molar-refractivity contribution >= 4 is 17.7 Å². The molecule has 0 atom stereocenters. The van der Waals surface area contributed by atoms with Crippen LogP contribution in [0.4, 0.5) is 0 Å². The van der Waals surface area contributed by atoms with E-state index in [1.165, 1.54) is 44.1 Å². The number of methoxy groups -OCH3 is 1. The highest BCUT2D eigenvalue weighted by molar-refractivity contribution is 8.03. The van der Waals surface area contributed by atoms with Crippen molar-refractivity contribution in [3.63, 3.8) is 0 Å². The quantitative estimate of drug-likeness (QED) is 0.685. The van der Waals surface area contributed by atoms with Crippen molar-refractivity contribution in [2.45, 2.75) is 32.1 Å². The Morgan fingerprint density at radius 2 is 1.79 bits per heavy atom. The van der Waals surface area contributed by atoms with Crippen LogP contribution in [0.3, 0.4) is 0 Å². The molecule has 0 spiro atoms. The summed E-state index contributed by atoms with van der Waals surface area (Å²) in [7, 11) is 1.47. The van der Waals surface area contributed by atoms with Crippen molar-refractivity contribution in [1.29, 1.82) is 0 Å². The van der Waals surface area contributed by atoms with Gasteiger partial charge in [-0.25, -0.2) is 4.79 Å². The van der Waals surface area contributed by atoms with Gasteiger partial charge in [0.05, 0.1) is 7.11 Å². The highest BCUT2D eigenvalue weighted by atomic mass is 32.2. The lowest BCUT2D eigenvalue weighted by molar-refractivity contribution is -0.135. The summed E-state index contributed by atoms with van der Waals surface area (Å²) in [6.45, 7) is 0. The SMILES string of the molecule is COC(=O)C1=CC(=C2C3CC4CC(C3)CC2C4)SC1. The van der Waals surface area contributed by atoms with Crippen molar-refractivity contribution in [2.75, 3.05) is 12.9 Å². The van der Waals surface area contributed by atoms with Crippen LogP contribution in [0.1, 0.15) is 32.1 Å². The van der Waals surface area contributed by atoms with E-state index in [-0.39, 0.29) is 5.97 Å². The van der Waals surface area contributed by atoms with Gasteiger partial charge in [0, 0.05) is 16.2 Å². The first-order chi connectivity index (χ1) is 9.24. The lowest BCUT2D eigenvalue weighted by atomic mass is 9.54. The molecule has 0 aromatic carbocycles. The van der Waals surface area contributed by atoms with E-state index in [0.717, 1.165) is 35.0 Å². The smallest absolute Gasteiger partial charge is 0.334 e. The normalized spacial score (nSPS) is 39.7. The third-order valence-electron chi connectivity index (χ3n) is 5.44. The first-order valence-corrected chi connectivity index (χ1v) is 8.39. The van der Waals surface area contributed by atoms with Gasteiger partial charge in [0.1, 0.15) is 0 Å². The summed E-state index contributed by atoms with van der Waals surface area (Å²) in [5.74, 6) is 4.31. The second-order valence-electron chi connectivity index (χ2n) is 6.57. The molecule has 0 aromatic heterocycles. The molecule has 0 radical (unpaired) electrons. The second-order valence-corrected chi connectivity index (χ2v) is 7.59. The average Bonchev–Trinajstić information content (AvgIpc) is 2.86. The molecule has 5 rings (SSSR count). The summed E-state index contributed by atoms with van der Waals surface area (Å²) >= 11 is 1.86. The second kappa shape index (κ2) is 4.41. The number of hydrogen-bond acceptors (Lipinski definition) is 3. The van der Waals surface area contributed by atoms with Crippen molar-refractivity contribution in [1.82, 2.24) is 0 Å². The largest absolute Gasteiger partial charge is 0.466 e. The Morgan fingerprint density at radius 1 is 1.16 bits per heavy atom. The summed E-state index contributed by atoms with van der Waals surface area (Å²) in [4.78, 5) is 13.0. The molecule has 1 aliphatic heterocycles. The van der Waals surface area contributed by atoms with Crippen LogP contribution in [0.25, 0.3) is 0 Å². The standard InChI is InChI=1S/C16H20O2S/c1-18-16(17)13-7-14(19-8-13)15-11-3-9-2-10(5-11)6-12(15)4-9/h7,9-12H,2-6,8H2,1H3. The molecular formula is C16H20O2S. The molecule has 5 aliphatic rings. The van der Waals surface area contributed by atoms with Gasteiger partial charge in [-0.1, -0.05) is 5.57 Å². The van der Waals surface area contributed by atoms with E-state index in [0.29, 0.717) is 0 Å². The Morgan fingerprint density at radius 3 is 2.37 bits per heavy atom. The number of hydrogen-bond donors (Lipinski definition) is 0. The van der Waals surface area contributed by atoms with Crippen LogP contribution in [0.15, 0.2) is 22.1 Å². The molecule has 0 unspecified atom stereocenters. The van der Waals surface area contributed by atoms with Gasteiger partial charge in [-0.05, 0) is 61.9 Å². The van der Waals surface area contributed by atoms with Crippen LogP contribution in [0.5, 0.6) is 0 Å². The van der Waals surface area contributed by atoms with E-state index in [4.69, 9.17) is 4.74 Å². The molecule has 0 aromatic rings. The van der Waals surface area contributed by atoms with Gasteiger partial charge >= 0.3 is 5.97 Å². The highest BCUT2D eigenvalue weighted by Crippen LogP contribution is 2.58. The fraction of sp³-hybridized carbons (Fsp3) is 0.688. The molecular weight excluding hydrogens is 256 g/mol. The van der Waals surface area contributed by atoms with Gasteiger partial charge in [-0.2, -0.15) is 0 Å². The minimum absolute atomic E-state index is 0.146. The predicted molar refractivity (Wildman–Crippen MR) is 76.6 cm³/mol. The summed E-state index contributed by atoms with van der Waals surface area (Å²) in [6.07, 6.45) is 9.25. The predicted octanol–water partition coefficient (Wildman–Crippen LogP) is 3.54. The van der Waals surface area contributed by atoms with Crippen LogP contribution in [-0.4, -0.2) is 18.8 Å². The van der Waals surface area contributed by atoms with E-state index in [2.05, 4.69) is 6.08 Å². The molecule has 3 heteroatoms. The van der Waals surface area contributed by atoms with E-state index < -0.39 is 0 Å². The number of esters is 1. The van der Waals surface area contributed by atoms with Crippen molar-refractivity contribution < 1.29 is 9.53 Å². The minimum atomic E-state index is -0.146. The van der Waals surface area contributed by atoms with Gasteiger partial charge in [0.15, 0.2) is 0 Å². The lowest BCUT2D eigenvalue weighted by Crippen LogP contribution is -2.40. The Labute approximate surface area is 118 Å². The molecule has 4 saturated carbocycles. The van der Waals surface area contributed by atoms with E-state index in [1.54, 1.807) is 5.57 Å². The van der Waals surface area contributed by atoms with Crippen molar-refractivity contribution in [3.05, 3.63) is 22.1 Å². The maximum atomic E-state index is 11.6. The Hall–Kier alpha value is -0.700. The van der Waals surface area contributed by atoms with E-state index in [9.17, 15) is 4.79 Å². The van der Waals surface area contributed by atoms with Crippen molar-refractivity contribution in [2.24, 2.45) is 23.7 Å². The fourth-order valence-electron chi connectivity index (χ4n) is 4.91. The molecule has 4 aliphatic carbocycles. The van der Waals surface area contributed by atoms with Gasteiger partial charge in [0.2, 0.25) is 0 Å². The maximum Gasteiger partial charge on any atom is 0.334 e. The number of allylic oxidation sites excluding steroid dienone is 2. The number of carbonyl (C=O) groups excluding carboxylic acids is 1. The molecule has 0 N–H and O–H groups in total. The number of carbonyl (C=O) groups is 1. The minimum Gasteiger partial charge on any atom is -0.466 e. The fourth-order valence-corrected chi connectivity index (χ4v) is 6.14. The lowest BCUT2D eigenvalue weighted by Gasteiger charge is -2.52. The van der Waals surface area contributed by atoms with E-state index >= 15 is 0 Å². The number of rotatable bonds is 1. The summed E-state index contributed by atoms with van der Waals surface area (Å²) in [5, 5.41) is 0. The Balaban J connectivity index is 1.67. The zero-order chi connectivity index (χ0) is 13.0. The van der Waals surface area contributed by atoms with E-state index in [1.807, 2.05) is 11.8 Å². The molecule has 4 fully saturated rings. The molecule has 102 valence electrons. The summed E-state index contributed by atoms with van der Waals surface area (Å²) in [5.41, 5.74) is 2.56. The Bertz CT molecular complexity index is 459. The molecule has 0 amide bonds. The van der Waals surface area contributed by atoms with Gasteiger partial charge in [-0.3, -0.25) is 0 Å². The van der Waals surface area contributed by atoms with Gasteiger partial charge < -0.3 is 4.74 Å². The van der Waals surface area contributed by atoms with Crippen molar-refractivity contribution in [3.8, 4) is 0 Å². The third kappa shape index (κ3) is 1.89. The van der Waals surface area contributed by atoms with Crippen LogP contribution in [0, 0.1) is 23.7 Å². The molecule has 4 bridgehead atoms. The first-order valence-electron chi connectivity index (χ1n) is 7.40. The zero-order valence-corrected chi connectivity index (χ0v) is 12.2.